The first-order valence-corrected chi connectivity index (χ1v) is 8.88. The van der Waals surface area contributed by atoms with Crippen molar-refractivity contribution in [1.29, 1.82) is 0 Å². The molecule has 1 heterocycles. The summed E-state index contributed by atoms with van der Waals surface area (Å²) >= 11 is 0. The number of hydrogen-bond acceptors (Lipinski definition) is 4. The Hall–Kier alpha value is -2.40. The molecule has 26 heavy (non-hydrogen) atoms. The van der Waals surface area contributed by atoms with Gasteiger partial charge in [-0.2, -0.15) is 0 Å². The highest BCUT2D eigenvalue weighted by Crippen LogP contribution is 2.11. The van der Waals surface area contributed by atoms with Gasteiger partial charge in [-0.3, -0.25) is 4.90 Å². The maximum absolute atomic E-state index is 10.4. The molecule has 0 aliphatic heterocycles. The van der Waals surface area contributed by atoms with Crippen LogP contribution in [-0.4, -0.2) is 29.3 Å². The summed E-state index contributed by atoms with van der Waals surface area (Å²) in [5, 5.41) is 10.4. The van der Waals surface area contributed by atoms with Crippen LogP contribution in [0.4, 0.5) is 0 Å². The lowest BCUT2D eigenvalue weighted by Gasteiger charge is -2.25. The van der Waals surface area contributed by atoms with Crippen molar-refractivity contribution in [1.82, 2.24) is 4.90 Å². The van der Waals surface area contributed by atoms with Crippen molar-refractivity contribution >= 4 is 0 Å². The van der Waals surface area contributed by atoms with Gasteiger partial charge in [0.25, 0.3) is 0 Å². The van der Waals surface area contributed by atoms with E-state index in [2.05, 4.69) is 29.2 Å². The maximum atomic E-state index is 10.4. The average molecular weight is 351 g/mol. The van der Waals surface area contributed by atoms with Gasteiger partial charge < -0.3 is 14.3 Å². The number of aliphatic hydroxyl groups excluding tert-OH is 1. The number of furan rings is 1. The third kappa shape index (κ3) is 6.15. The van der Waals surface area contributed by atoms with E-state index in [0.29, 0.717) is 13.2 Å². The highest BCUT2D eigenvalue weighted by molar-refractivity contribution is 5.17. The first-order valence-electron chi connectivity index (χ1n) is 8.88. The summed E-state index contributed by atoms with van der Waals surface area (Å²) in [5.41, 5.74) is 2.46. The number of rotatable bonds is 10. The van der Waals surface area contributed by atoms with Gasteiger partial charge in [0.1, 0.15) is 12.4 Å². The fourth-order valence-corrected chi connectivity index (χ4v) is 2.91. The molecule has 3 rings (SSSR count). The summed E-state index contributed by atoms with van der Waals surface area (Å²) in [7, 11) is 0. The maximum Gasteiger partial charge on any atom is 0.129 e. The second-order valence-electron chi connectivity index (χ2n) is 6.39. The predicted molar refractivity (Wildman–Crippen MR) is 101 cm³/mol. The fourth-order valence-electron chi connectivity index (χ4n) is 2.91. The van der Waals surface area contributed by atoms with Gasteiger partial charge in [0.05, 0.1) is 19.0 Å². The van der Waals surface area contributed by atoms with Crippen LogP contribution >= 0.6 is 0 Å². The van der Waals surface area contributed by atoms with Crippen molar-refractivity contribution < 1.29 is 14.3 Å². The summed E-state index contributed by atoms with van der Waals surface area (Å²) < 4.78 is 10.8. The van der Waals surface area contributed by atoms with Crippen LogP contribution in [0.3, 0.4) is 0 Å². The van der Waals surface area contributed by atoms with E-state index in [-0.39, 0.29) is 6.61 Å². The van der Waals surface area contributed by atoms with E-state index in [0.717, 1.165) is 18.8 Å². The van der Waals surface area contributed by atoms with E-state index in [1.807, 2.05) is 48.5 Å². The summed E-state index contributed by atoms with van der Waals surface area (Å²) in [6.45, 7) is 2.76. The van der Waals surface area contributed by atoms with Crippen LogP contribution in [0.1, 0.15) is 16.9 Å². The molecule has 3 aromatic rings. The van der Waals surface area contributed by atoms with E-state index in [9.17, 15) is 5.11 Å². The highest BCUT2D eigenvalue weighted by Gasteiger charge is 2.13. The lowest BCUT2D eigenvalue weighted by Crippen LogP contribution is -2.34. The molecule has 0 saturated carbocycles. The molecule has 0 aliphatic carbocycles. The predicted octanol–water partition coefficient (Wildman–Crippen LogP) is 3.86. The standard InChI is InChI=1S/C22H25NO3/c24-21(17-25-18-22-12-7-13-26-22)16-23(14-19-8-3-1-4-9-19)15-20-10-5-2-6-11-20/h1-13,21,24H,14-18H2/t21-/m1/s1. The van der Waals surface area contributed by atoms with Gasteiger partial charge >= 0.3 is 0 Å². The summed E-state index contributed by atoms with van der Waals surface area (Å²) in [4.78, 5) is 2.24. The molecule has 0 unspecified atom stereocenters. The van der Waals surface area contributed by atoms with Gasteiger partial charge in [-0.25, -0.2) is 0 Å². The normalized spacial score (nSPS) is 12.4. The molecule has 0 saturated heterocycles. The minimum absolute atomic E-state index is 0.279. The number of aliphatic hydroxyl groups is 1. The van der Waals surface area contributed by atoms with Crippen LogP contribution in [0.2, 0.25) is 0 Å². The molecule has 0 bridgehead atoms. The second-order valence-corrected chi connectivity index (χ2v) is 6.39. The Balaban J connectivity index is 1.55. The first-order chi connectivity index (χ1) is 12.8. The molecule has 2 aromatic carbocycles. The van der Waals surface area contributed by atoms with E-state index < -0.39 is 6.10 Å². The Morgan fingerprint density at radius 2 is 1.46 bits per heavy atom. The number of nitrogens with zero attached hydrogens (tertiary/aromatic N) is 1. The molecular formula is C22H25NO3. The van der Waals surface area contributed by atoms with Crippen LogP contribution < -0.4 is 0 Å². The molecule has 4 heteroatoms. The van der Waals surface area contributed by atoms with Crippen molar-refractivity contribution in [3.05, 3.63) is 95.9 Å². The fraction of sp³-hybridized carbons (Fsp3) is 0.273. The molecule has 1 atom stereocenters. The number of hydrogen-bond donors (Lipinski definition) is 1. The Morgan fingerprint density at radius 3 is 2.00 bits per heavy atom. The number of benzene rings is 2. The molecule has 4 nitrogen and oxygen atoms in total. The zero-order chi connectivity index (χ0) is 18.0. The summed E-state index contributed by atoms with van der Waals surface area (Å²) in [5.74, 6) is 0.766. The minimum atomic E-state index is -0.558. The smallest absolute Gasteiger partial charge is 0.129 e. The minimum Gasteiger partial charge on any atom is -0.467 e. The van der Waals surface area contributed by atoms with Gasteiger partial charge in [-0.05, 0) is 23.3 Å². The molecule has 1 aromatic heterocycles. The molecule has 0 fully saturated rings. The van der Waals surface area contributed by atoms with Gasteiger partial charge in [-0.1, -0.05) is 60.7 Å². The molecule has 0 radical (unpaired) electrons. The summed E-state index contributed by atoms with van der Waals surface area (Å²) in [6.07, 6.45) is 1.06. The quantitative estimate of drug-likeness (QED) is 0.602. The van der Waals surface area contributed by atoms with Crippen LogP contribution in [0.25, 0.3) is 0 Å². The van der Waals surface area contributed by atoms with E-state index >= 15 is 0 Å². The Morgan fingerprint density at radius 1 is 0.846 bits per heavy atom. The molecule has 0 spiro atoms. The largest absolute Gasteiger partial charge is 0.467 e. The lowest BCUT2D eigenvalue weighted by molar-refractivity contribution is 0.00253. The second kappa shape index (κ2) is 9.92. The van der Waals surface area contributed by atoms with E-state index in [1.165, 1.54) is 11.1 Å². The van der Waals surface area contributed by atoms with Gasteiger partial charge in [-0.15, -0.1) is 0 Å². The topological polar surface area (TPSA) is 45.8 Å². The molecular weight excluding hydrogens is 326 g/mol. The van der Waals surface area contributed by atoms with Crippen molar-refractivity contribution in [2.45, 2.75) is 25.8 Å². The van der Waals surface area contributed by atoms with Crippen LogP contribution in [-0.2, 0) is 24.4 Å². The molecule has 0 aliphatic rings. The molecule has 1 N–H and O–H groups in total. The van der Waals surface area contributed by atoms with Gasteiger partial charge in [0.15, 0.2) is 0 Å². The van der Waals surface area contributed by atoms with Crippen LogP contribution in [0.15, 0.2) is 83.5 Å². The van der Waals surface area contributed by atoms with Crippen molar-refractivity contribution in [2.24, 2.45) is 0 Å². The van der Waals surface area contributed by atoms with E-state index in [4.69, 9.17) is 9.15 Å². The SMILES string of the molecule is O[C@@H](COCc1ccco1)CN(Cc1ccccc1)Cc1ccccc1. The highest BCUT2D eigenvalue weighted by atomic mass is 16.5. The van der Waals surface area contributed by atoms with Crippen molar-refractivity contribution in [3.63, 3.8) is 0 Å². The first kappa shape index (κ1) is 18.4. The Labute approximate surface area is 154 Å². The lowest BCUT2D eigenvalue weighted by atomic mass is 10.1. The van der Waals surface area contributed by atoms with Crippen LogP contribution in [0.5, 0.6) is 0 Å². The zero-order valence-electron chi connectivity index (χ0n) is 14.8. The molecule has 0 amide bonds. The summed E-state index contributed by atoms with van der Waals surface area (Å²) in [6, 6.07) is 24.3. The Kier molecular flexibility index (Phi) is 7.02. The average Bonchev–Trinajstić information content (AvgIpc) is 3.17. The monoisotopic (exact) mass is 351 g/mol. The van der Waals surface area contributed by atoms with Crippen LogP contribution in [0, 0.1) is 0 Å². The van der Waals surface area contributed by atoms with Crippen molar-refractivity contribution in [3.8, 4) is 0 Å². The Bertz CT molecular complexity index is 687. The van der Waals surface area contributed by atoms with Gasteiger partial charge in [0, 0.05) is 19.6 Å². The third-order valence-corrected chi connectivity index (χ3v) is 4.10. The van der Waals surface area contributed by atoms with Crippen molar-refractivity contribution in [2.75, 3.05) is 13.2 Å². The van der Waals surface area contributed by atoms with Gasteiger partial charge in [0.2, 0.25) is 0 Å². The molecule has 136 valence electrons. The number of ether oxygens (including phenoxy) is 1. The zero-order valence-corrected chi connectivity index (χ0v) is 14.8. The van der Waals surface area contributed by atoms with E-state index in [1.54, 1.807) is 6.26 Å². The third-order valence-electron chi connectivity index (χ3n) is 4.10.